The number of hydrogen-bond acceptors (Lipinski definition) is 4. The fourth-order valence-electron chi connectivity index (χ4n) is 6.20. The van der Waals surface area contributed by atoms with Crippen molar-refractivity contribution in [3.8, 4) is 0 Å². The van der Waals surface area contributed by atoms with Crippen molar-refractivity contribution < 1.29 is 18.4 Å². The van der Waals surface area contributed by atoms with E-state index in [9.17, 15) is 5.11 Å². The van der Waals surface area contributed by atoms with Gasteiger partial charge in [-0.1, -0.05) is 159 Å². The Hall–Kier alpha value is -1.85. The van der Waals surface area contributed by atoms with Crippen LogP contribution in [0.4, 0.5) is 0 Å². The molecule has 4 nitrogen and oxygen atoms in total. The zero-order chi connectivity index (χ0) is 36.3. The third kappa shape index (κ3) is 11.1. The van der Waals surface area contributed by atoms with E-state index in [1.54, 1.807) is 0 Å². The maximum atomic E-state index is 11.5. The van der Waals surface area contributed by atoms with Gasteiger partial charge >= 0.3 is 0 Å². The van der Waals surface area contributed by atoms with Crippen molar-refractivity contribution in [3.63, 3.8) is 0 Å². The van der Waals surface area contributed by atoms with Gasteiger partial charge in [0.1, 0.15) is 0 Å². The second-order valence-electron chi connectivity index (χ2n) is 16.3. The first-order valence-electron chi connectivity index (χ1n) is 18.1. The molecule has 0 saturated heterocycles. The molecule has 0 aliphatic heterocycles. The first-order chi connectivity index (χ1) is 22.3. The molecule has 7 heteroatoms. The largest absolute Gasteiger partial charge is 0.410 e. The summed E-state index contributed by atoms with van der Waals surface area (Å²) in [6, 6.07) is 24.7. The van der Waals surface area contributed by atoms with Crippen LogP contribution in [0.1, 0.15) is 82.6 Å². The highest BCUT2D eigenvalue weighted by atomic mass is 28.4. The average molecular weight is 709 g/mol. The molecule has 0 fully saturated rings. The van der Waals surface area contributed by atoms with Crippen molar-refractivity contribution in [2.75, 3.05) is 6.61 Å². The van der Waals surface area contributed by atoms with Crippen LogP contribution in [0.25, 0.3) is 0 Å². The molecule has 0 aliphatic carbocycles. The summed E-state index contributed by atoms with van der Waals surface area (Å²) in [5, 5.41) is 14.1. The minimum absolute atomic E-state index is 0.0568. The van der Waals surface area contributed by atoms with E-state index in [0.717, 1.165) is 18.1 Å². The summed E-state index contributed by atoms with van der Waals surface area (Å²) >= 11 is 0. The van der Waals surface area contributed by atoms with Crippen LogP contribution >= 0.6 is 0 Å². The maximum Gasteiger partial charge on any atom is 0.261 e. The molecule has 268 valence electrons. The molecule has 1 unspecified atom stereocenters. The van der Waals surface area contributed by atoms with E-state index in [1.807, 2.05) is 26.0 Å². The van der Waals surface area contributed by atoms with Gasteiger partial charge < -0.3 is 18.4 Å². The molecule has 1 N–H and O–H groups in total. The smallest absolute Gasteiger partial charge is 0.261 e. The number of aliphatic hydroxyl groups excluding tert-OH is 1. The monoisotopic (exact) mass is 708 g/mol. The van der Waals surface area contributed by atoms with E-state index in [2.05, 4.69) is 160 Å². The van der Waals surface area contributed by atoms with Gasteiger partial charge in [-0.2, -0.15) is 0 Å². The van der Waals surface area contributed by atoms with Gasteiger partial charge in [0.05, 0.1) is 24.4 Å². The summed E-state index contributed by atoms with van der Waals surface area (Å²) in [4.78, 5) is 0. The summed E-state index contributed by atoms with van der Waals surface area (Å²) in [5.41, 5.74) is -0.638. The van der Waals surface area contributed by atoms with Crippen LogP contribution in [-0.4, -0.2) is 54.5 Å². The highest BCUT2D eigenvalue weighted by Crippen LogP contribution is 2.39. The molecule has 0 saturated carbocycles. The molecule has 0 spiro atoms. The summed E-state index contributed by atoms with van der Waals surface area (Å²) in [6.45, 7) is 29.5. The van der Waals surface area contributed by atoms with Gasteiger partial charge in [0.2, 0.25) is 0 Å². The summed E-state index contributed by atoms with van der Waals surface area (Å²) in [7, 11) is -6.54. The predicted molar refractivity (Wildman–Crippen MR) is 216 cm³/mol. The van der Waals surface area contributed by atoms with Crippen LogP contribution in [0.15, 0.2) is 97.1 Å². The zero-order valence-corrected chi connectivity index (χ0v) is 35.6. The first kappa shape index (κ1) is 42.3. The second kappa shape index (κ2) is 17.9. The van der Waals surface area contributed by atoms with E-state index < -0.39 is 36.7 Å². The van der Waals surface area contributed by atoms with Crippen molar-refractivity contribution >= 4 is 35.3 Å². The summed E-state index contributed by atoms with van der Waals surface area (Å²) in [5.74, 6) is 0. The van der Waals surface area contributed by atoms with Crippen LogP contribution < -0.4 is 10.4 Å². The van der Waals surface area contributed by atoms with E-state index in [1.165, 1.54) is 10.4 Å². The maximum absolute atomic E-state index is 11.5. The van der Waals surface area contributed by atoms with Gasteiger partial charge in [0.15, 0.2) is 16.6 Å². The lowest BCUT2D eigenvalue weighted by Gasteiger charge is -2.43. The number of hydrogen-bond donors (Lipinski definition) is 1. The van der Waals surface area contributed by atoms with Gasteiger partial charge in [0.25, 0.3) is 8.32 Å². The van der Waals surface area contributed by atoms with Crippen LogP contribution in [-0.2, 0) is 13.3 Å². The number of benzene rings is 2. The Kier molecular flexibility index (Phi) is 15.8. The normalized spacial score (nSPS) is 15.5. The number of allylic oxidation sites excluding steroid dienone is 4. The second-order valence-corrected chi connectivity index (χ2v) is 30.0. The van der Waals surface area contributed by atoms with Crippen molar-refractivity contribution in [1.82, 2.24) is 0 Å². The fraction of sp³-hybridized carbons (Fsp3) is 0.561. The van der Waals surface area contributed by atoms with E-state index in [4.69, 9.17) is 13.3 Å². The Bertz CT molecular complexity index is 1250. The van der Waals surface area contributed by atoms with E-state index in [-0.39, 0.29) is 16.2 Å². The Morgan fingerprint density at radius 1 is 0.688 bits per heavy atom. The molecule has 2 rings (SSSR count). The van der Waals surface area contributed by atoms with Gasteiger partial charge in [0, 0.05) is 6.42 Å². The van der Waals surface area contributed by atoms with E-state index in [0.29, 0.717) is 13.0 Å². The van der Waals surface area contributed by atoms with E-state index >= 15 is 0 Å². The van der Waals surface area contributed by atoms with Crippen LogP contribution in [0.5, 0.6) is 0 Å². The highest BCUT2D eigenvalue weighted by molar-refractivity contribution is 6.99. The molecular formula is C41H68O4Si3. The molecular weight excluding hydrogens is 641 g/mol. The molecule has 0 aromatic heterocycles. The van der Waals surface area contributed by atoms with Crippen molar-refractivity contribution in [2.24, 2.45) is 0 Å². The SMILES string of the molecule is CC[Si](CC)(CC)OC(C)(C)C(O)C[C@H](\C=C/C=C\C=C\CO[Si](c1ccccc1)(c1ccccc1)C(C)(C)C)O[Si](C)(C)C(C)(C)C. The zero-order valence-electron chi connectivity index (χ0n) is 32.6. The third-order valence-corrected chi connectivity index (χ3v) is 24.9. The number of aliphatic hydroxyl groups is 1. The summed E-state index contributed by atoms with van der Waals surface area (Å²) in [6.07, 6.45) is 12.0. The lowest BCUT2D eigenvalue weighted by Crippen LogP contribution is -2.66. The first-order valence-corrected chi connectivity index (χ1v) is 25.5. The topological polar surface area (TPSA) is 47.9 Å². The Labute approximate surface area is 298 Å². The Morgan fingerprint density at radius 2 is 1.17 bits per heavy atom. The molecule has 0 bridgehead atoms. The van der Waals surface area contributed by atoms with Crippen LogP contribution in [0, 0.1) is 0 Å². The van der Waals surface area contributed by atoms with Crippen molar-refractivity contribution in [1.29, 1.82) is 0 Å². The molecule has 2 aromatic rings. The minimum atomic E-state index is -2.57. The van der Waals surface area contributed by atoms with Gasteiger partial charge in [-0.05, 0) is 65.5 Å². The Balaban J connectivity index is 2.24. The average Bonchev–Trinajstić information content (AvgIpc) is 3.02. The molecule has 0 radical (unpaired) electrons. The van der Waals surface area contributed by atoms with Gasteiger partial charge in [-0.25, -0.2) is 0 Å². The molecule has 2 aromatic carbocycles. The molecule has 48 heavy (non-hydrogen) atoms. The lowest BCUT2D eigenvalue weighted by atomic mass is 9.96. The standard InChI is InChI=1S/C41H68O4Si3/c1-14-47(15-2,16-3)45-41(10,11)38(42)34-35(44-46(12,13)39(4,5)6)28-22-18-17-19-27-33-43-48(40(7,8)9,36-29-23-20-24-30-36)37-31-25-21-26-32-37/h17-32,35,38,42H,14-16,33-34H2,1-13H3/b18-17-,27-19+,28-22-/t35-,38?/m0/s1. The van der Waals surface area contributed by atoms with Crippen LogP contribution in [0.2, 0.25) is 41.3 Å². The Morgan fingerprint density at radius 3 is 1.60 bits per heavy atom. The molecule has 2 atom stereocenters. The summed E-state index contributed by atoms with van der Waals surface area (Å²) < 4.78 is 20.6. The number of rotatable bonds is 18. The van der Waals surface area contributed by atoms with Crippen molar-refractivity contribution in [3.05, 3.63) is 97.1 Å². The molecule has 0 aliphatic rings. The quantitative estimate of drug-likeness (QED) is 0.124. The molecule has 0 heterocycles. The predicted octanol–water partition coefficient (Wildman–Crippen LogP) is 10.2. The third-order valence-electron chi connectivity index (χ3n) is 10.5. The highest BCUT2D eigenvalue weighted by Gasteiger charge is 2.50. The van der Waals surface area contributed by atoms with Crippen LogP contribution in [0.3, 0.4) is 0 Å². The van der Waals surface area contributed by atoms with Gasteiger partial charge in [-0.15, -0.1) is 0 Å². The molecule has 0 amide bonds. The van der Waals surface area contributed by atoms with Crippen molar-refractivity contribution in [2.45, 2.75) is 142 Å². The lowest BCUT2D eigenvalue weighted by molar-refractivity contribution is -0.0516. The van der Waals surface area contributed by atoms with Gasteiger partial charge in [-0.3, -0.25) is 0 Å². The minimum Gasteiger partial charge on any atom is -0.410 e. The fourth-order valence-corrected chi connectivity index (χ4v) is 15.2.